The van der Waals surface area contributed by atoms with Crippen molar-refractivity contribution in [2.75, 3.05) is 32.5 Å². The van der Waals surface area contributed by atoms with E-state index >= 15 is 0 Å². The normalized spacial score (nSPS) is 10.5. The van der Waals surface area contributed by atoms with E-state index in [0.717, 1.165) is 16.7 Å². The number of anilines is 2. The molecule has 1 aromatic heterocycles. The lowest BCUT2D eigenvalue weighted by Crippen LogP contribution is -2.31. The van der Waals surface area contributed by atoms with Gasteiger partial charge in [0.2, 0.25) is 5.95 Å². The second-order valence-electron chi connectivity index (χ2n) is 4.93. The van der Waals surface area contributed by atoms with Crippen molar-refractivity contribution in [1.29, 1.82) is 0 Å². The number of nitrogens with zero attached hydrogens (tertiary/aromatic N) is 3. The van der Waals surface area contributed by atoms with Crippen LogP contribution in [0.4, 0.5) is 11.6 Å². The molecule has 0 saturated heterocycles. The van der Waals surface area contributed by atoms with Crippen molar-refractivity contribution < 1.29 is 4.79 Å². The maximum Gasteiger partial charge on any atom is 0.270 e. The van der Waals surface area contributed by atoms with Crippen LogP contribution >= 0.6 is 15.9 Å². The fraction of sp³-hybridized carbons (Fsp3) is 0.267. The van der Waals surface area contributed by atoms with E-state index < -0.39 is 0 Å². The Bertz CT molecular complexity index is 647. The van der Waals surface area contributed by atoms with Crippen LogP contribution in [-0.2, 0) is 0 Å². The molecule has 1 aromatic carbocycles. The number of nitrogens with one attached hydrogen (secondary N) is 2. The van der Waals surface area contributed by atoms with Gasteiger partial charge in [0.1, 0.15) is 5.69 Å². The molecule has 0 atom stereocenters. The molecule has 116 valence electrons. The third-order valence-corrected chi connectivity index (χ3v) is 3.54. The number of carbonyl (C=O) groups is 1. The quantitative estimate of drug-likeness (QED) is 0.823. The molecule has 2 aromatic rings. The first-order chi connectivity index (χ1) is 10.6. The predicted octanol–water partition coefficient (Wildman–Crippen LogP) is 2.27. The summed E-state index contributed by atoms with van der Waals surface area (Å²) in [6, 6.07) is 9.24. The standard InChI is InChI=1S/C15H18BrN5O/c1-21(2)10-9-17-14(22)13-7-8-18-15(20-13)19-12-6-4-3-5-11(12)16/h3-8H,9-10H2,1-2H3,(H,17,22)(H,18,19,20). The van der Waals surface area contributed by atoms with Gasteiger partial charge in [-0.15, -0.1) is 0 Å². The predicted molar refractivity (Wildman–Crippen MR) is 90.3 cm³/mol. The number of likely N-dealkylation sites (N-methyl/N-ethyl adjacent to an activating group) is 1. The van der Waals surface area contributed by atoms with Gasteiger partial charge in [-0.1, -0.05) is 12.1 Å². The highest BCUT2D eigenvalue weighted by Crippen LogP contribution is 2.23. The van der Waals surface area contributed by atoms with Gasteiger partial charge < -0.3 is 15.5 Å². The number of aromatic nitrogens is 2. The van der Waals surface area contributed by atoms with Crippen molar-refractivity contribution in [3.05, 3.63) is 46.7 Å². The highest BCUT2D eigenvalue weighted by atomic mass is 79.9. The van der Waals surface area contributed by atoms with Gasteiger partial charge in [-0.25, -0.2) is 9.97 Å². The van der Waals surface area contributed by atoms with E-state index in [0.29, 0.717) is 18.2 Å². The minimum atomic E-state index is -0.209. The largest absolute Gasteiger partial charge is 0.349 e. The van der Waals surface area contributed by atoms with Gasteiger partial charge in [-0.3, -0.25) is 4.79 Å². The topological polar surface area (TPSA) is 70.2 Å². The Morgan fingerprint density at radius 2 is 2.05 bits per heavy atom. The van der Waals surface area contributed by atoms with E-state index in [-0.39, 0.29) is 5.91 Å². The van der Waals surface area contributed by atoms with Crippen molar-refractivity contribution in [3.8, 4) is 0 Å². The van der Waals surface area contributed by atoms with Gasteiger partial charge in [0.15, 0.2) is 0 Å². The molecule has 2 N–H and O–H groups in total. The number of halogens is 1. The van der Waals surface area contributed by atoms with E-state index in [1.807, 2.05) is 43.3 Å². The summed E-state index contributed by atoms with van der Waals surface area (Å²) < 4.78 is 0.902. The van der Waals surface area contributed by atoms with Crippen LogP contribution in [0.2, 0.25) is 0 Å². The van der Waals surface area contributed by atoms with E-state index in [2.05, 4.69) is 36.5 Å². The van der Waals surface area contributed by atoms with E-state index in [1.54, 1.807) is 12.3 Å². The van der Waals surface area contributed by atoms with Crippen molar-refractivity contribution in [1.82, 2.24) is 20.2 Å². The second-order valence-corrected chi connectivity index (χ2v) is 5.78. The van der Waals surface area contributed by atoms with Crippen LogP contribution in [0.15, 0.2) is 41.0 Å². The van der Waals surface area contributed by atoms with Gasteiger partial charge in [0.25, 0.3) is 5.91 Å². The molecule has 0 radical (unpaired) electrons. The average Bonchev–Trinajstić information content (AvgIpc) is 2.49. The van der Waals surface area contributed by atoms with Crippen LogP contribution in [0.1, 0.15) is 10.5 Å². The Morgan fingerprint density at radius 1 is 1.27 bits per heavy atom. The van der Waals surface area contributed by atoms with Crippen LogP contribution < -0.4 is 10.6 Å². The van der Waals surface area contributed by atoms with Crippen molar-refractivity contribution in [2.45, 2.75) is 0 Å². The van der Waals surface area contributed by atoms with Gasteiger partial charge in [0.05, 0.1) is 5.69 Å². The van der Waals surface area contributed by atoms with Gasteiger partial charge in [0, 0.05) is 23.8 Å². The monoisotopic (exact) mass is 363 g/mol. The first-order valence-electron chi connectivity index (χ1n) is 6.84. The van der Waals surface area contributed by atoms with Crippen molar-refractivity contribution >= 4 is 33.5 Å². The maximum absolute atomic E-state index is 12.0. The molecule has 0 fully saturated rings. The molecule has 0 aliphatic heterocycles. The first kappa shape index (κ1) is 16.4. The summed E-state index contributed by atoms with van der Waals surface area (Å²) in [5, 5.41) is 5.91. The van der Waals surface area contributed by atoms with Crippen LogP contribution in [0.25, 0.3) is 0 Å². The highest BCUT2D eigenvalue weighted by molar-refractivity contribution is 9.10. The zero-order valence-electron chi connectivity index (χ0n) is 12.5. The molecule has 2 rings (SSSR count). The van der Waals surface area contributed by atoms with Crippen molar-refractivity contribution in [2.24, 2.45) is 0 Å². The molecular weight excluding hydrogens is 346 g/mol. The van der Waals surface area contributed by atoms with Crippen LogP contribution in [-0.4, -0.2) is 48.0 Å². The second kappa shape index (κ2) is 7.86. The highest BCUT2D eigenvalue weighted by Gasteiger charge is 2.09. The smallest absolute Gasteiger partial charge is 0.270 e. The molecule has 7 heteroatoms. The van der Waals surface area contributed by atoms with E-state index in [4.69, 9.17) is 0 Å². The molecule has 0 saturated carbocycles. The summed E-state index contributed by atoms with van der Waals surface area (Å²) in [5.74, 6) is 0.173. The summed E-state index contributed by atoms with van der Waals surface area (Å²) in [5.41, 5.74) is 1.18. The SMILES string of the molecule is CN(C)CCNC(=O)c1ccnc(Nc2ccccc2Br)n1. The average molecular weight is 364 g/mol. The lowest BCUT2D eigenvalue weighted by Gasteiger charge is -2.11. The third kappa shape index (κ3) is 4.78. The molecule has 0 aliphatic rings. The van der Waals surface area contributed by atoms with Crippen LogP contribution in [0.5, 0.6) is 0 Å². The van der Waals surface area contributed by atoms with Crippen LogP contribution in [0, 0.1) is 0 Å². The zero-order chi connectivity index (χ0) is 15.9. The number of para-hydroxylation sites is 1. The van der Waals surface area contributed by atoms with Gasteiger partial charge >= 0.3 is 0 Å². The number of hydrogen-bond donors (Lipinski definition) is 2. The maximum atomic E-state index is 12.0. The molecular formula is C15H18BrN5O. The Morgan fingerprint density at radius 3 is 2.77 bits per heavy atom. The Balaban J connectivity index is 2.03. The summed E-state index contributed by atoms with van der Waals surface area (Å²) in [6.07, 6.45) is 1.56. The number of carbonyl (C=O) groups excluding carboxylic acids is 1. The fourth-order valence-corrected chi connectivity index (χ4v) is 2.10. The molecule has 1 heterocycles. The van der Waals surface area contributed by atoms with Gasteiger partial charge in [-0.05, 0) is 48.2 Å². The summed E-state index contributed by atoms with van der Waals surface area (Å²) in [4.78, 5) is 22.4. The van der Waals surface area contributed by atoms with Crippen molar-refractivity contribution in [3.63, 3.8) is 0 Å². The lowest BCUT2D eigenvalue weighted by molar-refractivity contribution is 0.0946. The lowest BCUT2D eigenvalue weighted by atomic mass is 10.3. The number of hydrogen-bond acceptors (Lipinski definition) is 5. The Hall–Kier alpha value is -1.99. The molecule has 0 aliphatic carbocycles. The molecule has 22 heavy (non-hydrogen) atoms. The number of benzene rings is 1. The molecule has 0 bridgehead atoms. The molecule has 0 unspecified atom stereocenters. The third-order valence-electron chi connectivity index (χ3n) is 2.85. The van der Waals surface area contributed by atoms with E-state index in [1.165, 1.54) is 0 Å². The summed E-state index contributed by atoms with van der Waals surface area (Å²) >= 11 is 3.45. The van der Waals surface area contributed by atoms with Gasteiger partial charge in [-0.2, -0.15) is 0 Å². The minimum absolute atomic E-state index is 0.209. The summed E-state index contributed by atoms with van der Waals surface area (Å²) in [7, 11) is 3.91. The van der Waals surface area contributed by atoms with E-state index in [9.17, 15) is 4.79 Å². The first-order valence-corrected chi connectivity index (χ1v) is 7.63. The molecule has 6 nitrogen and oxygen atoms in total. The Kier molecular flexibility index (Phi) is 5.85. The minimum Gasteiger partial charge on any atom is -0.349 e. The zero-order valence-corrected chi connectivity index (χ0v) is 14.1. The Labute approximate surface area is 138 Å². The molecule has 0 spiro atoms. The number of amides is 1. The summed E-state index contributed by atoms with van der Waals surface area (Å²) in [6.45, 7) is 1.35. The van der Waals surface area contributed by atoms with Crippen LogP contribution in [0.3, 0.4) is 0 Å². The molecule has 1 amide bonds. The number of rotatable bonds is 6. The fourth-order valence-electron chi connectivity index (χ4n) is 1.71.